The second-order valence-corrected chi connectivity index (χ2v) is 7.61. The molecule has 0 saturated carbocycles. The Bertz CT molecular complexity index is 717. The van der Waals surface area contributed by atoms with E-state index in [0.717, 1.165) is 26.5 Å². The molecule has 106 valence electrons. The number of thiazole rings is 1. The molecule has 0 radical (unpaired) electrons. The van der Waals surface area contributed by atoms with Crippen LogP contribution in [0.5, 0.6) is 0 Å². The van der Waals surface area contributed by atoms with Crippen molar-refractivity contribution in [2.45, 2.75) is 11.8 Å². The summed E-state index contributed by atoms with van der Waals surface area (Å²) < 4.78 is 1.09. The summed E-state index contributed by atoms with van der Waals surface area (Å²) in [5, 5.41) is 3.19. The van der Waals surface area contributed by atoms with Gasteiger partial charge < -0.3 is 0 Å². The van der Waals surface area contributed by atoms with E-state index < -0.39 is 0 Å². The maximum atomic E-state index is 4.75. The minimum absolute atomic E-state index is 1.04. The average molecular weight is 376 g/mol. The van der Waals surface area contributed by atoms with Crippen LogP contribution in [0.15, 0.2) is 63.3 Å². The standard InChI is InChI=1S/C17H14BrNS2/c1-2-20-15-9-5-13(6-10-15)17-19-16(11-21-17)12-3-7-14(18)8-4-12/h3-11H,2H2,1H3. The molecule has 1 nitrogen and oxygen atoms in total. The lowest BCUT2D eigenvalue weighted by Gasteiger charge is -2.00. The van der Waals surface area contributed by atoms with E-state index in [1.807, 2.05) is 23.9 Å². The summed E-state index contributed by atoms with van der Waals surface area (Å²) in [7, 11) is 0. The molecule has 0 spiro atoms. The summed E-state index contributed by atoms with van der Waals surface area (Å²) in [6, 6.07) is 16.9. The molecule has 0 aliphatic heterocycles. The first kappa shape index (κ1) is 14.8. The summed E-state index contributed by atoms with van der Waals surface area (Å²) in [5.41, 5.74) is 3.37. The number of benzene rings is 2. The Balaban J connectivity index is 1.85. The van der Waals surface area contributed by atoms with Crippen molar-refractivity contribution in [1.82, 2.24) is 4.98 Å². The third-order valence-corrected chi connectivity index (χ3v) is 5.37. The van der Waals surface area contributed by atoms with Crippen LogP contribution in [0.25, 0.3) is 21.8 Å². The molecule has 3 rings (SSSR count). The number of rotatable bonds is 4. The molecule has 0 aliphatic carbocycles. The molecular weight excluding hydrogens is 362 g/mol. The van der Waals surface area contributed by atoms with Gasteiger partial charge in [-0.25, -0.2) is 4.98 Å². The highest BCUT2D eigenvalue weighted by molar-refractivity contribution is 9.10. The van der Waals surface area contributed by atoms with Gasteiger partial charge in [0.2, 0.25) is 0 Å². The highest BCUT2D eigenvalue weighted by Crippen LogP contribution is 2.30. The van der Waals surface area contributed by atoms with Crippen molar-refractivity contribution in [3.8, 4) is 21.8 Å². The third kappa shape index (κ3) is 3.57. The van der Waals surface area contributed by atoms with E-state index in [9.17, 15) is 0 Å². The van der Waals surface area contributed by atoms with Gasteiger partial charge in [0.15, 0.2) is 0 Å². The molecule has 0 amide bonds. The van der Waals surface area contributed by atoms with Gasteiger partial charge in [0.1, 0.15) is 5.01 Å². The Morgan fingerprint density at radius 1 is 1.00 bits per heavy atom. The fourth-order valence-electron chi connectivity index (χ4n) is 2.02. The lowest BCUT2D eigenvalue weighted by atomic mass is 10.2. The van der Waals surface area contributed by atoms with Crippen LogP contribution in [0.3, 0.4) is 0 Å². The monoisotopic (exact) mass is 375 g/mol. The molecule has 0 bridgehead atoms. The Labute approximate surface area is 141 Å². The van der Waals surface area contributed by atoms with Crippen molar-refractivity contribution in [2.75, 3.05) is 5.75 Å². The van der Waals surface area contributed by atoms with Crippen LogP contribution in [0.2, 0.25) is 0 Å². The number of hydrogen-bond donors (Lipinski definition) is 0. The van der Waals surface area contributed by atoms with Crippen LogP contribution in [-0.2, 0) is 0 Å². The first-order valence-electron chi connectivity index (χ1n) is 6.71. The summed E-state index contributed by atoms with van der Waals surface area (Å²) in [6.07, 6.45) is 0. The Morgan fingerprint density at radius 3 is 2.33 bits per heavy atom. The van der Waals surface area contributed by atoms with Gasteiger partial charge in [-0.3, -0.25) is 0 Å². The van der Waals surface area contributed by atoms with Crippen LogP contribution in [0.1, 0.15) is 6.92 Å². The predicted molar refractivity (Wildman–Crippen MR) is 97.1 cm³/mol. The number of thioether (sulfide) groups is 1. The Morgan fingerprint density at radius 2 is 1.67 bits per heavy atom. The minimum atomic E-state index is 1.04. The van der Waals surface area contributed by atoms with Crippen molar-refractivity contribution in [2.24, 2.45) is 0 Å². The topological polar surface area (TPSA) is 12.9 Å². The molecule has 0 saturated heterocycles. The zero-order valence-corrected chi connectivity index (χ0v) is 14.8. The third-order valence-electron chi connectivity index (χ3n) is 3.06. The lowest BCUT2D eigenvalue weighted by molar-refractivity contribution is 1.38. The minimum Gasteiger partial charge on any atom is -0.236 e. The zero-order chi connectivity index (χ0) is 14.7. The van der Waals surface area contributed by atoms with Gasteiger partial charge >= 0.3 is 0 Å². The lowest BCUT2D eigenvalue weighted by Crippen LogP contribution is -1.80. The molecule has 0 atom stereocenters. The van der Waals surface area contributed by atoms with Gasteiger partial charge in [0.05, 0.1) is 5.69 Å². The van der Waals surface area contributed by atoms with Gasteiger partial charge in [0, 0.05) is 25.9 Å². The summed E-state index contributed by atoms with van der Waals surface area (Å²) in [6.45, 7) is 2.17. The first-order valence-corrected chi connectivity index (χ1v) is 9.37. The van der Waals surface area contributed by atoms with E-state index in [1.54, 1.807) is 11.3 Å². The van der Waals surface area contributed by atoms with Gasteiger partial charge in [-0.15, -0.1) is 23.1 Å². The number of halogens is 1. The van der Waals surface area contributed by atoms with E-state index in [2.05, 4.69) is 64.6 Å². The highest BCUT2D eigenvalue weighted by Gasteiger charge is 2.06. The fourth-order valence-corrected chi connectivity index (χ4v) is 3.78. The van der Waals surface area contributed by atoms with E-state index >= 15 is 0 Å². The second-order valence-electron chi connectivity index (χ2n) is 4.50. The zero-order valence-electron chi connectivity index (χ0n) is 11.5. The second kappa shape index (κ2) is 6.77. The number of hydrogen-bond acceptors (Lipinski definition) is 3. The highest BCUT2D eigenvalue weighted by atomic mass is 79.9. The normalized spacial score (nSPS) is 10.8. The molecule has 1 heterocycles. The van der Waals surface area contributed by atoms with Gasteiger partial charge in [-0.05, 0) is 30.0 Å². The SMILES string of the molecule is CCSc1ccc(-c2nc(-c3ccc(Br)cc3)cs2)cc1. The van der Waals surface area contributed by atoms with E-state index in [0.29, 0.717) is 0 Å². The van der Waals surface area contributed by atoms with Crippen LogP contribution in [-0.4, -0.2) is 10.7 Å². The van der Waals surface area contributed by atoms with Crippen LogP contribution >= 0.6 is 39.0 Å². The van der Waals surface area contributed by atoms with E-state index in [-0.39, 0.29) is 0 Å². The summed E-state index contributed by atoms with van der Waals surface area (Å²) >= 11 is 7.01. The number of nitrogens with zero attached hydrogens (tertiary/aromatic N) is 1. The van der Waals surface area contributed by atoms with Crippen molar-refractivity contribution in [1.29, 1.82) is 0 Å². The molecule has 2 aromatic carbocycles. The van der Waals surface area contributed by atoms with Gasteiger partial charge in [-0.2, -0.15) is 0 Å². The quantitative estimate of drug-likeness (QED) is 0.492. The fraction of sp³-hybridized carbons (Fsp3) is 0.118. The smallest absolute Gasteiger partial charge is 0.124 e. The van der Waals surface area contributed by atoms with E-state index in [4.69, 9.17) is 4.98 Å². The van der Waals surface area contributed by atoms with E-state index in [1.165, 1.54) is 10.5 Å². The molecule has 0 aliphatic rings. The van der Waals surface area contributed by atoms with Crippen molar-refractivity contribution in [3.63, 3.8) is 0 Å². The van der Waals surface area contributed by atoms with Crippen molar-refractivity contribution < 1.29 is 0 Å². The first-order chi connectivity index (χ1) is 10.3. The predicted octanol–water partition coefficient (Wildman–Crippen LogP) is 6.35. The summed E-state index contributed by atoms with van der Waals surface area (Å²) in [4.78, 5) is 6.06. The maximum absolute atomic E-state index is 4.75. The number of aromatic nitrogens is 1. The van der Waals surface area contributed by atoms with Crippen molar-refractivity contribution in [3.05, 3.63) is 58.4 Å². The van der Waals surface area contributed by atoms with Crippen molar-refractivity contribution >= 4 is 39.0 Å². The molecule has 0 N–H and O–H groups in total. The summed E-state index contributed by atoms with van der Waals surface area (Å²) in [5.74, 6) is 1.10. The largest absolute Gasteiger partial charge is 0.236 e. The van der Waals surface area contributed by atoms with Crippen LogP contribution in [0.4, 0.5) is 0 Å². The maximum Gasteiger partial charge on any atom is 0.124 e. The van der Waals surface area contributed by atoms with Crippen LogP contribution in [0, 0.1) is 0 Å². The molecule has 21 heavy (non-hydrogen) atoms. The molecule has 3 aromatic rings. The van der Waals surface area contributed by atoms with Gasteiger partial charge in [-0.1, -0.05) is 47.1 Å². The molecule has 4 heteroatoms. The molecule has 0 unspecified atom stereocenters. The van der Waals surface area contributed by atoms with Gasteiger partial charge in [0.25, 0.3) is 0 Å². The average Bonchev–Trinajstić information content (AvgIpc) is 2.99. The molecule has 0 fully saturated rings. The molecule has 1 aromatic heterocycles. The van der Waals surface area contributed by atoms with Crippen LogP contribution < -0.4 is 0 Å². The Hall–Kier alpha value is -1.10. The Kier molecular flexibility index (Phi) is 4.78. The molecular formula is C17H14BrNS2.